The maximum absolute atomic E-state index is 9.91. The van der Waals surface area contributed by atoms with Gasteiger partial charge in [-0.2, -0.15) is 0 Å². The molecule has 1 atom stereocenters. The van der Waals surface area contributed by atoms with Crippen LogP contribution in [-0.4, -0.2) is 16.3 Å². The molecule has 0 radical (unpaired) electrons. The number of phenols is 2. The number of hydrogen-bond acceptors (Lipinski definition) is 3. The van der Waals surface area contributed by atoms with Crippen LogP contribution in [0.2, 0.25) is 0 Å². The number of rotatable bonds is 14. The van der Waals surface area contributed by atoms with E-state index < -0.39 is 0 Å². The third kappa shape index (κ3) is 8.47. The van der Waals surface area contributed by atoms with Gasteiger partial charge in [0.1, 0.15) is 0 Å². The molecule has 0 aromatic heterocycles. The van der Waals surface area contributed by atoms with Crippen molar-refractivity contribution in [1.29, 1.82) is 0 Å². The Morgan fingerprint density at radius 3 is 2.04 bits per heavy atom. The van der Waals surface area contributed by atoms with Gasteiger partial charge in [0.15, 0.2) is 11.5 Å². The Hall–Kier alpha value is -1.38. The second-order valence-electron chi connectivity index (χ2n) is 6.77. The van der Waals surface area contributed by atoms with Crippen molar-refractivity contribution in [3.05, 3.63) is 18.2 Å². The van der Waals surface area contributed by atoms with Crippen LogP contribution in [0.3, 0.4) is 0 Å². The first kappa shape index (κ1) is 20.7. The predicted octanol–water partition coefficient (Wildman–Crippen LogP) is 6.57. The molecule has 2 N–H and O–H groups in total. The SMILES string of the molecule is CCCCCCCCCCC(CCCC)Oc1cccc(O)c1O. The normalized spacial score (nSPS) is 12.2. The lowest BCUT2D eigenvalue weighted by molar-refractivity contribution is 0.166. The number of ether oxygens (including phenoxy) is 1. The molecule has 1 aromatic carbocycles. The van der Waals surface area contributed by atoms with Crippen LogP contribution in [0.15, 0.2) is 18.2 Å². The van der Waals surface area contributed by atoms with Gasteiger partial charge in [0.05, 0.1) is 6.10 Å². The van der Waals surface area contributed by atoms with Gasteiger partial charge in [0, 0.05) is 0 Å². The lowest BCUT2D eigenvalue weighted by Crippen LogP contribution is -2.16. The maximum atomic E-state index is 9.91. The van der Waals surface area contributed by atoms with Crippen molar-refractivity contribution >= 4 is 0 Å². The fraction of sp³-hybridized carbons (Fsp3) is 0.714. The highest BCUT2D eigenvalue weighted by molar-refractivity contribution is 5.48. The van der Waals surface area contributed by atoms with E-state index in [1.54, 1.807) is 12.1 Å². The van der Waals surface area contributed by atoms with E-state index in [1.807, 2.05) is 0 Å². The van der Waals surface area contributed by atoms with Crippen molar-refractivity contribution in [2.24, 2.45) is 0 Å². The molecule has 3 nitrogen and oxygen atoms in total. The van der Waals surface area contributed by atoms with Gasteiger partial charge in [-0.3, -0.25) is 0 Å². The fourth-order valence-electron chi connectivity index (χ4n) is 2.99. The molecule has 0 aliphatic carbocycles. The first-order valence-electron chi connectivity index (χ1n) is 9.86. The van der Waals surface area contributed by atoms with E-state index in [0.29, 0.717) is 5.75 Å². The molecule has 1 aromatic rings. The Morgan fingerprint density at radius 2 is 1.38 bits per heavy atom. The van der Waals surface area contributed by atoms with Crippen LogP contribution in [0.5, 0.6) is 17.2 Å². The molecule has 1 unspecified atom stereocenters. The van der Waals surface area contributed by atoms with Crippen LogP contribution in [0.4, 0.5) is 0 Å². The summed E-state index contributed by atoms with van der Waals surface area (Å²) in [5.74, 6) is 0.138. The van der Waals surface area contributed by atoms with E-state index in [2.05, 4.69) is 13.8 Å². The first-order chi connectivity index (χ1) is 11.7. The number of unbranched alkanes of at least 4 members (excludes halogenated alkanes) is 8. The predicted molar refractivity (Wildman–Crippen MR) is 101 cm³/mol. The van der Waals surface area contributed by atoms with E-state index in [0.717, 1.165) is 25.7 Å². The summed E-state index contributed by atoms with van der Waals surface area (Å²) < 4.78 is 5.98. The van der Waals surface area contributed by atoms with Gasteiger partial charge >= 0.3 is 0 Å². The average Bonchev–Trinajstić information content (AvgIpc) is 2.58. The highest BCUT2D eigenvalue weighted by Gasteiger charge is 2.14. The Kier molecular flexibility index (Phi) is 11.2. The van der Waals surface area contributed by atoms with Gasteiger partial charge in [-0.25, -0.2) is 0 Å². The largest absolute Gasteiger partial charge is 0.504 e. The molecular weight excluding hydrogens is 300 g/mol. The topological polar surface area (TPSA) is 49.7 Å². The second kappa shape index (κ2) is 13.0. The average molecular weight is 337 g/mol. The van der Waals surface area contributed by atoms with E-state index in [4.69, 9.17) is 4.74 Å². The summed E-state index contributed by atoms with van der Waals surface area (Å²) in [6, 6.07) is 4.90. The Labute approximate surface area is 148 Å². The minimum Gasteiger partial charge on any atom is -0.504 e. The number of aromatic hydroxyl groups is 2. The summed E-state index contributed by atoms with van der Waals surface area (Å²) in [5.41, 5.74) is 0. The van der Waals surface area contributed by atoms with Crippen LogP contribution in [0, 0.1) is 0 Å². The number of hydrogen-bond donors (Lipinski definition) is 2. The highest BCUT2D eigenvalue weighted by Crippen LogP contribution is 2.36. The van der Waals surface area contributed by atoms with Crippen molar-refractivity contribution in [2.45, 2.75) is 97.0 Å². The standard InChI is InChI=1S/C21H36O3/c1-3-5-7-8-9-10-11-12-15-18(14-6-4-2)24-20-17-13-16-19(22)21(20)23/h13,16-18,22-23H,3-12,14-15H2,1-2H3. The summed E-state index contributed by atoms with van der Waals surface area (Å²) in [6.07, 6.45) is 14.9. The van der Waals surface area contributed by atoms with Gasteiger partial charge in [-0.1, -0.05) is 77.7 Å². The Balaban J connectivity index is 2.33. The van der Waals surface area contributed by atoms with Gasteiger partial charge < -0.3 is 14.9 Å². The monoisotopic (exact) mass is 336 g/mol. The van der Waals surface area contributed by atoms with Crippen molar-refractivity contribution in [3.8, 4) is 17.2 Å². The minimum absolute atomic E-state index is 0.117. The van der Waals surface area contributed by atoms with Crippen molar-refractivity contribution < 1.29 is 14.9 Å². The van der Waals surface area contributed by atoms with E-state index in [9.17, 15) is 10.2 Å². The molecule has 24 heavy (non-hydrogen) atoms. The molecular formula is C21H36O3. The van der Waals surface area contributed by atoms with Gasteiger partial charge in [-0.05, 0) is 31.4 Å². The summed E-state index contributed by atoms with van der Waals surface area (Å²) in [5, 5.41) is 19.5. The molecule has 0 saturated heterocycles. The van der Waals surface area contributed by atoms with Crippen LogP contribution in [-0.2, 0) is 0 Å². The molecule has 0 heterocycles. The van der Waals surface area contributed by atoms with Crippen molar-refractivity contribution in [1.82, 2.24) is 0 Å². The van der Waals surface area contributed by atoms with E-state index >= 15 is 0 Å². The molecule has 0 bridgehead atoms. The molecule has 0 aliphatic heterocycles. The smallest absolute Gasteiger partial charge is 0.200 e. The quantitative estimate of drug-likeness (QED) is 0.298. The van der Waals surface area contributed by atoms with Gasteiger partial charge in [0.2, 0.25) is 5.75 Å². The zero-order valence-electron chi connectivity index (χ0n) is 15.6. The van der Waals surface area contributed by atoms with Crippen LogP contribution >= 0.6 is 0 Å². The summed E-state index contributed by atoms with van der Waals surface area (Å²) in [4.78, 5) is 0. The molecule has 0 aliphatic rings. The fourth-order valence-corrected chi connectivity index (χ4v) is 2.99. The van der Waals surface area contributed by atoms with E-state index in [1.165, 1.54) is 57.4 Å². The van der Waals surface area contributed by atoms with Gasteiger partial charge in [0.25, 0.3) is 0 Å². The van der Waals surface area contributed by atoms with Crippen molar-refractivity contribution in [2.75, 3.05) is 0 Å². The number of phenolic OH excluding ortho intramolecular Hbond substituents is 2. The number of para-hydroxylation sites is 1. The third-order valence-corrected chi connectivity index (χ3v) is 4.53. The molecule has 0 fully saturated rings. The Morgan fingerprint density at radius 1 is 0.792 bits per heavy atom. The van der Waals surface area contributed by atoms with Crippen molar-refractivity contribution in [3.63, 3.8) is 0 Å². The zero-order valence-corrected chi connectivity index (χ0v) is 15.6. The van der Waals surface area contributed by atoms with E-state index in [-0.39, 0.29) is 17.6 Å². The highest BCUT2D eigenvalue weighted by atomic mass is 16.5. The number of benzene rings is 1. The molecule has 138 valence electrons. The lowest BCUT2D eigenvalue weighted by Gasteiger charge is -2.20. The molecule has 0 saturated carbocycles. The molecule has 1 rings (SSSR count). The van der Waals surface area contributed by atoms with Gasteiger partial charge in [-0.15, -0.1) is 0 Å². The maximum Gasteiger partial charge on any atom is 0.200 e. The summed E-state index contributed by atoms with van der Waals surface area (Å²) in [7, 11) is 0. The molecule has 3 heteroatoms. The molecule has 0 amide bonds. The van der Waals surface area contributed by atoms with Crippen LogP contribution < -0.4 is 4.74 Å². The van der Waals surface area contributed by atoms with Crippen LogP contribution in [0.1, 0.15) is 90.9 Å². The minimum atomic E-state index is -0.144. The van der Waals surface area contributed by atoms with Crippen LogP contribution in [0.25, 0.3) is 0 Å². The third-order valence-electron chi connectivity index (χ3n) is 4.53. The molecule has 0 spiro atoms. The summed E-state index contributed by atoms with van der Waals surface area (Å²) >= 11 is 0. The summed E-state index contributed by atoms with van der Waals surface area (Å²) in [6.45, 7) is 4.43. The Bertz CT molecular complexity index is 431. The second-order valence-corrected chi connectivity index (χ2v) is 6.77. The zero-order chi connectivity index (χ0) is 17.6. The lowest BCUT2D eigenvalue weighted by atomic mass is 10.0. The first-order valence-corrected chi connectivity index (χ1v) is 9.86.